The minimum Gasteiger partial charge on any atom is -0.476 e. The highest BCUT2D eigenvalue weighted by Crippen LogP contribution is 2.38. The summed E-state index contributed by atoms with van der Waals surface area (Å²) in [4.78, 5) is 16.6. The molecule has 0 aliphatic heterocycles. The van der Waals surface area contributed by atoms with E-state index in [4.69, 9.17) is 17.0 Å². The van der Waals surface area contributed by atoms with Crippen LogP contribution < -0.4 is 16.0 Å². The van der Waals surface area contributed by atoms with E-state index in [1.165, 1.54) is 11.3 Å². The number of para-hydroxylation sites is 2. The predicted octanol–water partition coefficient (Wildman–Crippen LogP) is 6.82. The van der Waals surface area contributed by atoms with Gasteiger partial charge < -0.3 is 21.1 Å². The second kappa shape index (κ2) is 11.1. The molecule has 0 spiro atoms. The highest BCUT2D eigenvalue weighted by Gasteiger charge is 2.21. The lowest BCUT2D eigenvalue weighted by Crippen LogP contribution is -2.21. The third-order valence-corrected chi connectivity index (χ3v) is 6.70. The van der Waals surface area contributed by atoms with E-state index in [0.29, 0.717) is 37.8 Å². The summed E-state index contributed by atoms with van der Waals surface area (Å²) in [6.07, 6.45) is 0. The van der Waals surface area contributed by atoms with Gasteiger partial charge in [-0.1, -0.05) is 83.6 Å². The molecule has 5 rings (SSSR count). The van der Waals surface area contributed by atoms with Gasteiger partial charge in [0.05, 0.1) is 21.9 Å². The van der Waals surface area contributed by atoms with Crippen molar-refractivity contribution in [1.29, 1.82) is 5.41 Å². The second-order valence-corrected chi connectivity index (χ2v) is 9.35. The van der Waals surface area contributed by atoms with Crippen molar-refractivity contribution in [3.05, 3.63) is 102 Å². The van der Waals surface area contributed by atoms with Crippen LogP contribution in [0.3, 0.4) is 0 Å². The number of carbonyl (C=O) groups is 1. The fourth-order valence-corrected chi connectivity index (χ4v) is 4.91. The summed E-state index contributed by atoms with van der Waals surface area (Å²) in [7, 11) is 0. The molecule has 38 heavy (non-hydrogen) atoms. The second-order valence-electron chi connectivity index (χ2n) is 7.95. The Morgan fingerprint density at radius 3 is 2.26 bits per heavy atom. The van der Waals surface area contributed by atoms with Gasteiger partial charge in [0.2, 0.25) is 0 Å². The zero-order valence-corrected chi connectivity index (χ0v) is 21.2. The van der Waals surface area contributed by atoms with Gasteiger partial charge in [-0.3, -0.25) is 5.41 Å². The first kappa shape index (κ1) is 24.9. The van der Waals surface area contributed by atoms with E-state index in [2.05, 4.69) is 31.1 Å². The van der Waals surface area contributed by atoms with Crippen LogP contribution in [0.15, 0.2) is 91.0 Å². The van der Waals surface area contributed by atoms with Gasteiger partial charge in [0.25, 0.3) is 0 Å². The Bertz CT molecular complexity index is 1610. The molecule has 0 fully saturated rings. The molecule has 0 aliphatic rings. The fraction of sp³-hybridized carbons (Fsp3) is 0. The Morgan fingerprint density at radius 1 is 0.842 bits per heavy atom. The van der Waals surface area contributed by atoms with E-state index in [1.54, 1.807) is 42.5 Å². The van der Waals surface area contributed by atoms with Crippen molar-refractivity contribution in [3.8, 4) is 21.7 Å². The van der Waals surface area contributed by atoms with Crippen molar-refractivity contribution in [1.82, 2.24) is 15.2 Å². The van der Waals surface area contributed by atoms with Gasteiger partial charge >= 0.3 is 5.97 Å². The summed E-state index contributed by atoms with van der Waals surface area (Å²) in [5, 5.41) is 36.3. The van der Waals surface area contributed by atoms with E-state index in [0.717, 1.165) is 11.3 Å². The molecule has 0 saturated carbocycles. The van der Waals surface area contributed by atoms with Crippen LogP contribution in [0.5, 0.6) is 0 Å². The maximum atomic E-state index is 11.9. The Balaban J connectivity index is 1.32. The van der Waals surface area contributed by atoms with E-state index < -0.39 is 5.97 Å². The molecule has 0 aliphatic carbocycles. The van der Waals surface area contributed by atoms with Crippen LogP contribution in [-0.4, -0.2) is 32.2 Å². The van der Waals surface area contributed by atoms with Crippen LogP contribution in [0.2, 0.25) is 5.02 Å². The van der Waals surface area contributed by atoms with Crippen molar-refractivity contribution >= 4 is 57.2 Å². The lowest BCUT2D eigenvalue weighted by atomic mass is 10.1. The molecular formula is C27H20ClN7O2S. The van der Waals surface area contributed by atoms with E-state index in [1.807, 2.05) is 48.5 Å². The van der Waals surface area contributed by atoms with Gasteiger partial charge in [-0.05, 0) is 30.3 Å². The summed E-state index contributed by atoms with van der Waals surface area (Å²) in [5.41, 5.74) is 3.35. The van der Waals surface area contributed by atoms with Crippen molar-refractivity contribution in [2.45, 2.75) is 0 Å². The van der Waals surface area contributed by atoms with Crippen LogP contribution in [0, 0.1) is 5.41 Å². The third kappa shape index (κ3) is 5.61. The summed E-state index contributed by atoms with van der Waals surface area (Å²) in [5.74, 6) is -0.771. The molecule has 0 atom stereocenters. The predicted molar refractivity (Wildman–Crippen MR) is 152 cm³/mol. The number of rotatable bonds is 7. The zero-order valence-electron chi connectivity index (χ0n) is 19.6. The quantitative estimate of drug-likeness (QED) is 0.112. The molecule has 2 aromatic heterocycles. The van der Waals surface area contributed by atoms with E-state index in [9.17, 15) is 9.90 Å². The van der Waals surface area contributed by atoms with E-state index in [-0.39, 0.29) is 11.7 Å². The van der Waals surface area contributed by atoms with Gasteiger partial charge in [0.15, 0.2) is 22.6 Å². The number of nitrogens with one attached hydrogen (secondary N) is 4. The average Bonchev–Trinajstić information content (AvgIpc) is 3.35. The first-order chi connectivity index (χ1) is 18.5. The minimum absolute atomic E-state index is 0.0249. The van der Waals surface area contributed by atoms with Crippen molar-refractivity contribution < 1.29 is 9.90 Å². The Labute approximate surface area is 226 Å². The van der Waals surface area contributed by atoms with Crippen LogP contribution >= 0.6 is 22.9 Å². The van der Waals surface area contributed by atoms with Crippen molar-refractivity contribution in [2.24, 2.45) is 0 Å². The number of nitrogens with zero attached hydrogens (tertiary/aromatic N) is 3. The maximum absolute atomic E-state index is 11.9. The summed E-state index contributed by atoms with van der Waals surface area (Å²) in [6, 6.07) is 27.5. The molecule has 5 aromatic rings. The van der Waals surface area contributed by atoms with E-state index >= 15 is 0 Å². The average molecular weight is 542 g/mol. The SMILES string of the molecule is N=C(Nc1ccc(-c2ccccc2)nn1)Nc1ccccc1Nc1nc(C(=O)O)c(-c2ccccc2Cl)s1. The monoisotopic (exact) mass is 541 g/mol. The van der Waals surface area contributed by atoms with Crippen molar-refractivity contribution in [2.75, 3.05) is 16.0 Å². The highest BCUT2D eigenvalue weighted by molar-refractivity contribution is 7.19. The van der Waals surface area contributed by atoms with Crippen LogP contribution in [0.4, 0.5) is 22.3 Å². The smallest absolute Gasteiger partial charge is 0.356 e. The minimum atomic E-state index is -1.15. The number of aromatic nitrogens is 3. The van der Waals surface area contributed by atoms with Gasteiger partial charge in [0, 0.05) is 16.1 Å². The number of guanidine groups is 1. The van der Waals surface area contributed by atoms with Crippen molar-refractivity contribution in [3.63, 3.8) is 0 Å². The number of aromatic carboxylic acids is 1. The van der Waals surface area contributed by atoms with Gasteiger partial charge in [-0.15, -0.1) is 10.2 Å². The summed E-state index contributed by atoms with van der Waals surface area (Å²) < 4.78 is 0. The van der Waals surface area contributed by atoms with Crippen LogP contribution in [0.1, 0.15) is 10.5 Å². The largest absolute Gasteiger partial charge is 0.476 e. The number of carboxylic acid groups (broad SMARTS) is 1. The van der Waals surface area contributed by atoms with Gasteiger partial charge in [0.1, 0.15) is 0 Å². The molecule has 11 heteroatoms. The standard InChI is InChI=1S/C27H20ClN7O2S/c28-18-11-5-4-10-17(18)24-23(25(36)37)33-27(38-24)31-21-13-7-6-12-20(21)30-26(29)32-22-15-14-19(34-35-22)16-8-2-1-3-9-16/h1-15H,(H,31,33)(H,36,37)(H3,29,30,32,35). The third-order valence-electron chi connectivity index (χ3n) is 5.36. The summed E-state index contributed by atoms with van der Waals surface area (Å²) in [6.45, 7) is 0. The number of thiazole rings is 1. The molecule has 188 valence electrons. The molecule has 2 heterocycles. The molecular weight excluding hydrogens is 522 g/mol. The number of halogens is 1. The molecule has 0 radical (unpaired) electrons. The fourth-order valence-electron chi connectivity index (χ4n) is 3.62. The molecule has 0 bridgehead atoms. The molecule has 0 amide bonds. The highest BCUT2D eigenvalue weighted by atomic mass is 35.5. The molecule has 3 aromatic carbocycles. The van der Waals surface area contributed by atoms with Crippen LogP contribution in [-0.2, 0) is 0 Å². The Hall–Kier alpha value is -4.80. The molecule has 5 N–H and O–H groups in total. The zero-order chi connectivity index (χ0) is 26.5. The lowest BCUT2D eigenvalue weighted by molar-refractivity contribution is 0.0692. The Kier molecular flexibility index (Phi) is 7.25. The van der Waals surface area contributed by atoms with Gasteiger partial charge in [-0.25, -0.2) is 9.78 Å². The van der Waals surface area contributed by atoms with Crippen LogP contribution in [0.25, 0.3) is 21.7 Å². The normalized spacial score (nSPS) is 10.6. The van der Waals surface area contributed by atoms with Gasteiger partial charge in [-0.2, -0.15) is 0 Å². The molecule has 0 unspecified atom stereocenters. The number of anilines is 4. The molecule has 0 saturated heterocycles. The number of carboxylic acids is 1. The number of benzene rings is 3. The number of hydrogen-bond acceptors (Lipinski definition) is 7. The lowest BCUT2D eigenvalue weighted by Gasteiger charge is -2.14. The maximum Gasteiger partial charge on any atom is 0.356 e. The number of hydrogen-bond donors (Lipinski definition) is 5. The Morgan fingerprint density at radius 2 is 1.55 bits per heavy atom. The summed E-state index contributed by atoms with van der Waals surface area (Å²) >= 11 is 7.49. The molecule has 9 nitrogen and oxygen atoms in total. The first-order valence-corrected chi connectivity index (χ1v) is 12.5. The topological polar surface area (TPSA) is 136 Å². The first-order valence-electron chi connectivity index (χ1n) is 11.3.